The van der Waals surface area contributed by atoms with Gasteiger partial charge in [-0.3, -0.25) is 14.4 Å². The average Bonchev–Trinajstić information content (AvgIpc) is 2.66. The molecule has 1 aliphatic rings. The fraction of sp³-hybridized carbons (Fsp3) is 0.438. The van der Waals surface area contributed by atoms with E-state index in [9.17, 15) is 14.4 Å². The number of benzene rings is 1. The minimum absolute atomic E-state index is 0.0319. The molecule has 1 aromatic carbocycles. The standard InChI is InChI=1S/C16H20N2O4/c19-14(11-18-9-3-1-2-4-15(18)20)17-13-7-5-12(6-8-13)10-16(21)22/h5-8H,1-4,9-11H2,(H,17,19)(H,21,22). The molecule has 22 heavy (non-hydrogen) atoms. The quantitative estimate of drug-likeness (QED) is 0.866. The molecule has 1 saturated heterocycles. The molecule has 6 nitrogen and oxygen atoms in total. The van der Waals surface area contributed by atoms with E-state index in [4.69, 9.17) is 5.11 Å². The fourth-order valence-electron chi connectivity index (χ4n) is 2.46. The zero-order valence-corrected chi connectivity index (χ0v) is 12.4. The highest BCUT2D eigenvalue weighted by atomic mass is 16.4. The van der Waals surface area contributed by atoms with Crippen molar-refractivity contribution in [2.75, 3.05) is 18.4 Å². The van der Waals surface area contributed by atoms with E-state index in [0.29, 0.717) is 24.2 Å². The molecule has 0 unspecified atom stereocenters. The molecule has 1 aliphatic heterocycles. The fourth-order valence-corrected chi connectivity index (χ4v) is 2.46. The summed E-state index contributed by atoms with van der Waals surface area (Å²) in [6.07, 6.45) is 3.31. The zero-order chi connectivity index (χ0) is 15.9. The number of nitrogens with zero attached hydrogens (tertiary/aromatic N) is 1. The lowest BCUT2D eigenvalue weighted by Gasteiger charge is -2.19. The highest BCUT2D eigenvalue weighted by Gasteiger charge is 2.19. The average molecular weight is 304 g/mol. The van der Waals surface area contributed by atoms with Gasteiger partial charge in [0.15, 0.2) is 0 Å². The summed E-state index contributed by atoms with van der Waals surface area (Å²) in [5.74, 6) is -1.10. The van der Waals surface area contributed by atoms with Gasteiger partial charge in [0, 0.05) is 18.7 Å². The third-order valence-corrected chi connectivity index (χ3v) is 3.60. The van der Waals surface area contributed by atoms with E-state index in [1.54, 1.807) is 29.2 Å². The lowest BCUT2D eigenvalue weighted by Crippen LogP contribution is -2.37. The van der Waals surface area contributed by atoms with Gasteiger partial charge in [-0.15, -0.1) is 0 Å². The van der Waals surface area contributed by atoms with E-state index in [0.717, 1.165) is 19.3 Å². The first kappa shape index (κ1) is 16.0. The Balaban J connectivity index is 1.88. The summed E-state index contributed by atoms with van der Waals surface area (Å²) in [5, 5.41) is 11.4. The lowest BCUT2D eigenvalue weighted by molar-refractivity contribution is -0.136. The number of hydrogen-bond acceptors (Lipinski definition) is 3. The predicted molar refractivity (Wildman–Crippen MR) is 81.5 cm³/mol. The van der Waals surface area contributed by atoms with Gasteiger partial charge in [0.2, 0.25) is 11.8 Å². The van der Waals surface area contributed by atoms with Crippen molar-refractivity contribution in [2.45, 2.75) is 32.1 Å². The summed E-state index contributed by atoms with van der Waals surface area (Å²) in [4.78, 5) is 36.0. The first-order valence-corrected chi connectivity index (χ1v) is 7.43. The molecular weight excluding hydrogens is 284 g/mol. The number of anilines is 1. The molecule has 118 valence electrons. The summed E-state index contributed by atoms with van der Waals surface area (Å²) < 4.78 is 0. The van der Waals surface area contributed by atoms with Gasteiger partial charge in [-0.25, -0.2) is 0 Å². The first-order chi connectivity index (χ1) is 10.5. The molecule has 1 fully saturated rings. The number of carbonyl (C=O) groups excluding carboxylic acids is 2. The van der Waals surface area contributed by atoms with Crippen molar-refractivity contribution in [3.8, 4) is 0 Å². The van der Waals surface area contributed by atoms with Crippen LogP contribution < -0.4 is 5.32 Å². The van der Waals surface area contributed by atoms with Crippen molar-refractivity contribution in [2.24, 2.45) is 0 Å². The molecule has 0 bridgehead atoms. The van der Waals surface area contributed by atoms with E-state index in [-0.39, 0.29) is 24.8 Å². The first-order valence-electron chi connectivity index (χ1n) is 7.43. The molecule has 0 atom stereocenters. The van der Waals surface area contributed by atoms with Gasteiger partial charge in [-0.1, -0.05) is 18.6 Å². The molecule has 0 aromatic heterocycles. The number of hydrogen-bond donors (Lipinski definition) is 2. The largest absolute Gasteiger partial charge is 0.481 e. The van der Waals surface area contributed by atoms with Crippen LogP contribution in [0.1, 0.15) is 31.2 Å². The van der Waals surface area contributed by atoms with Crippen molar-refractivity contribution in [1.82, 2.24) is 4.90 Å². The van der Waals surface area contributed by atoms with Gasteiger partial charge in [0.1, 0.15) is 0 Å². The number of rotatable bonds is 5. The number of carboxylic acid groups (broad SMARTS) is 1. The van der Waals surface area contributed by atoms with Crippen LogP contribution in [0.3, 0.4) is 0 Å². The molecule has 6 heteroatoms. The van der Waals surface area contributed by atoms with Gasteiger partial charge < -0.3 is 15.3 Å². The molecule has 2 rings (SSSR count). The van der Waals surface area contributed by atoms with Crippen molar-refractivity contribution in [3.05, 3.63) is 29.8 Å². The molecule has 1 heterocycles. The van der Waals surface area contributed by atoms with Crippen molar-refractivity contribution >= 4 is 23.5 Å². The number of carbonyl (C=O) groups is 3. The van der Waals surface area contributed by atoms with E-state index in [1.165, 1.54) is 0 Å². The minimum Gasteiger partial charge on any atom is -0.481 e. The summed E-state index contributed by atoms with van der Waals surface area (Å²) in [6, 6.07) is 6.67. The Morgan fingerprint density at radius 1 is 1.14 bits per heavy atom. The van der Waals surface area contributed by atoms with Crippen LogP contribution in [0.15, 0.2) is 24.3 Å². The smallest absolute Gasteiger partial charge is 0.307 e. The Kier molecular flexibility index (Phi) is 5.52. The summed E-state index contributed by atoms with van der Waals surface area (Å²) >= 11 is 0. The maximum absolute atomic E-state index is 12.0. The molecule has 1 aromatic rings. The third-order valence-electron chi connectivity index (χ3n) is 3.60. The van der Waals surface area contributed by atoms with E-state index in [2.05, 4.69) is 5.32 Å². The molecule has 0 spiro atoms. The van der Waals surface area contributed by atoms with E-state index >= 15 is 0 Å². The summed E-state index contributed by atoms with van der Waals surface area (Å²) in [7, 11) is 0. The Labute approximate surface area is 129 Å². The van der Waals surface area contributed by atoms with Crippen LogP contribution in [0.25, 0.3) is 0 Å². The highest BCUT2D eigenvalue weighted by Crippen LogP contribution is 2.13. The van der Waals surface area contributed by atoms with Gasteiger partial charge in [0.05, 0.1) is 13.0 Å². The monoisotopic (exact) mass is 304 g/mol. The second kappa shape index (κ2) is 7.59. The van der Waals surface area contributed by atoms with E-state index in [1.807, 2.05) is 0 Å². The van der Waals surface area contributed by atoms with Crippen molar-refractivity contribution in [3.63, 3.8) is 0 Å². The number of amides is 2. The second-order valence-corrected chi connectivity index (χ2v) is 5.44. The van der Waals surface area contributed by atoms with Gasteiger partial charge >= 0.3 is 5.97 Å². The van der Waals surface area contributed by atoms with Crippen LogP contribution in [0.4, 0.5) is 5.69 Å². The number of carboxylic acids is 1. The Bertz CT molecular complexity index is 554. The van der Waals surface area contributed by atoms with Crippen molar-refractivity contribution in [1.29, 1.82) is 0 Å². The Morgan fingerprint density at radius 2 is 1.86 bits per heavy atom. The van der Waals surface area contributed by atoms with Crippen molar-refractivity contribution < 1.29 is 19.5 Å². The minimum atomic E-state index is -0.892. The van der Waals surface area contributed by atoms with Crippen LogP contribution in [-0.2, 0) is 20.8 Å². The van der Waals surface area contributed by atoms with Gasteiger partial charge in [-0.2, -0.15) is 0 Å². The molecule has 0 saturated carbocycles. The molecular formula is C16H20N2O4. The molecule has 2 amide bonds. The maximum atomic E-state index is 12.0. The van der Waals surface area contributed by atoms with Crippen LogP contribution >= 0.6 is 0 Å². The molecule has 0 radical (unpaired) electrons. The summed E-state index contributed by atoms with van der Waals surface area (Å²) in [5.41, 5.74) is 1.27. The van der Waals surface area contributed by atoms with Crippen LogP contribution in [0.5, 0.6) is 0 Å². The number of nitrogens with one attached hydrogen (secondary N) is 1. The van der Waals surface area contributed by atoms with Crippen LogP contribution in [-0.4, -0.2) is 40.9 Å². The SMILES string of the molecule is O=C(O)Cc1ccc(NC(=O)CN2CCCCCC2=O)cc1. The highest BCUT2D eigenvalue weighted by molar-refractivity contribution is 5.94. The predicted octanol–water partition coefficient (Wildman–Crippen LogP) is 1.65. The normalized spacial score (nSPS) is 15.3. The molecule has 2 N–H and O–H groups in total. The lowest BCUT2D eigenvalue weighted by atomic mass is 10.1. The van der Waals surface area contributed by atoms with Gasteiger partial charge in [-0.05, 0) is 30.5 Å². The topological polar surface area (TPSA) is 86.7 Å². The van der Waals surface area contributed by atoms with Crippen LogP contribution in [0, 0.1) is 0 Å². The third kappa shape index (κ3) is 4.87. The molecule has 0 aliphatic carbocycles. The van der Waals surface area contributed by atoms with Crippen LogP contribution in [0.2, 0.25) is 0 Å². The maximum Gasteiger partial charge on any atom is 0.307 e. The van der Waals surface area contributed by atoms with Gasteiger partial charge in [0.25, 0.3) is 0 Å². The number of likely N-dealkylation sites (tertiary alicyclic amines) is 1. The van der Waals surface area contributed by atoms with E-state index < -0.39 is 5.97 Å². The number of aliphatic carboxylic acids is 1. The summed E-state index contributed by atoms with van der Waals surface area (Å²) in [6.45, 7) is 0.694. The second-order valence-electron chi connectivity index (χ2n) is 5.44. The zero-order valence-electron chi connectivity index (χ0n) is 12.4. The Morgan fingerprint density at radius 3 is 2.55 bits per heavy atom. The Hall–Kier alpha value is -2.37.